The van der Waals surface area contributed by atoms with E-state index in [4.69, 9.17) is 17.3 Å². The number of aliphatic hydroxyl groups is 1. The minimum Gasteiger partial charge on any atom is -0.385 e. The molecule has 4 heteroatoms. The summed E-state index contributed by atoms with van der Waals surface area (Å²) in [4.78, 5) is 4.04. The van der Waals surface area contributed by atoms with Crippen LogP contribution < -0.4 is 5.73 Å². The van der Waals surface area contributed by atoms with Crippen LogP contribution in [-0.4, -0.2) is 10.1 Å². The fraction of sp³-hybridized carbons (Fsp3) is 0.615. The highest BCUT2D eigenvalue weighted by Gasteiger charge is 2.41. The molecule has 17 heavy (non-hydrogen) atoms. The van der Waals surface area contributed by atoms with Crippen molar-refractivity contribution in [3.05, 3.63) is 22.8 Å². The predicted molar refractivity (Wildman–Crippen MR) is 69.7 cm³/mol. The van der Waals surface area contributed by atoms with E-state index in [1.807, 2.05) is 0 Å². The van der Waals surface area contributed by atoms with Crippen molar-refractivity contribution < 1.29 is 5.11 Å². The summed E-state index contributed by atoms with van der Waals surface area (Å²) in [6.45, 7) is 4.28. The summed E-state index contributed by atoms with van der Waals surface area (Å²) in [5, 5.41) is 11.4. The lowest BCUT2D eigenvalue weighted by molar-refractivity contribution is -0.0583. The summed E-state index contributed by atoms with van der Waals surface area (Å²) in [6.07, 6.45) is 4.25. The molecule has 3 N–H and O–H groups in total. The summed E-state index contributed by atoms with van der Waals surface area (Å²) < 4.78 is 0. The average molecular weight is 255 g/mol. The van der Waals surface area contributed by atoms with Crippen LogP contribution in [0.2, 0.25) is 5.02 Å². The largest absolute Gasteiger partial charge is 0.385 e. The van der Waals surface area contributed by atoms with Gasteiger partial charge in [0.1, 0.15) is 5.82 Å². The first-order valence-corrected chi connectivity index (χ1v) is 6.45. The van der Waals surface area contributed by atoms with E-state index >= 15 is 0 Å². The van der Waals surface area contributed by atoms with Crippen molar-refractivity contribution in [1.29, 1.82) is 0 Å². The topological polar surface area (TPSA) is 59.1 Å². The average Bonchev–Trinajstić information content (AvgIpc) is 2.27. The van der Waals surface area contributed by atoms with Gasteiger partial charge in [-0.15, -0.1) is 0 Å². The van der Waals surface area contributed by atoms with Gasteiger partial charge in [0.05, 0.1) is 10.6 Å². The molecule has 1 fully saturated rings. The summed E-state index contributed by atoms with van der Waals surface area (Å²) in [6, 6.07) is 1.75. The molecule has 1 saturated carbocycles. The van der Waals surface area contributed by atoms with E-state index in [-0.39, 0.29) is 5.92 Å². The third kappa shape index (κ3) is 2.26. The number of halogens is 1. The molecule has 1 aromatic heterocycles. The van der Waals surface area contributed by atoms with Crippen LogP contribution in [0.25, 0.3) is 0 Å². The summed E-state index contributed by atoms with van der Waals surface area (Å²) >= 11 is 5.95. The van der Waals surface area contributed by atoms with Crippen molar-refractivity contribution in [2.45, 2.75) is 38.7 Å². The molecular formula is C13H19ClN2O. The fourth-order valence-electron chi connectivity index (χ4n) is 2.83. The molecule has 0 bridgehead atoms. The Labute approximate surface area is 107 Å². The van der Waals surface area contributed by atoms with Crippen molar-refractivity contribution in [1.82, 2.24) is 4.98 Å². The zero-order valence-electron chi connectivity index (χ0n) is 10.3. The number of hydrogen-bond donors (Lipinski definition) is 2. The maximum Gasteiger partial charge on any atom is 0.129 e. The van der Waals surface area contributed by atoms with Gasteiger partial charge in [0.2, 0.25) is 0 Å². The van der Waals surface area contributed by atoms with E-state index in [1.54, 1.807) is 6.07 Å². The van der Waals surface area contributed by atoms with Gasteiger partial charge in [-0.3, -0.25) is 0 Å². The third-order valence-electron chi connectivity index (χ3n) is 3.94. The molecular weight excluding hydrogens is 236 g/mol. The predicted octanol–water partition coefficient (Wildman–Crippen LogP) is 2.96. The second-order valence-corrected chi connectivity index (χ2v) is 5.73. The number of pyridine rings is 1. The van der Waals surface area contributed by atoms with Gasteiger partial charge in [-0.25, -0.2) is 4.98 Å². The first-order valence-electron chi connectivity index (χ1n) is 6.07. The van der Waals surface area contributed by atoms with Crippen LogP contribution in [0, 0.1) is 11.8 Å². The normalized spacial score (nSPS) is 33.6. The molecule has 1 aliphatic rings. The van der Waals surface area contributed by atoms with Crippen LogP contribution in [-0.2, 0) is 5.60 Å². The highest BCUT2D eigenvalue weighted by atomic mass is 35.5. The molecule has 0 spiro atoms. The summed E-state index contributed by atoms with van der Waals surface area (Å²) in [5.74, 6) is 1.21. The minimum absolute atomic E-state index is 0.175. The number of rotatable bonds is 1. The van der Waals surface area contributed by atoms with Crippen LogP contribution in [0.1, 0.15) is 38.7 Å². The van der Waals surface area contributed by atoms with Gasteiger partial charge in [0.25, 0.3) is 0 Å². The molecule has 1 heterocycles. The molecule has 1 aromatic rings. The summed E-state index contributed by atoms with van der Waals surface area (Å²) in [7, 11) is 0. The Balaban J connectivity index is 2.40. The van der Waals surface area contributed by atoms with Crippen LogP contribution in [0.15, 0.2) is 12.3 Å². The summed E-state index contributed by atoms with van der Waals surface area (Å²) in [5.41, 5.74) is 5.68. The Kier molecular flexibility index (Phi) is 3.32. The van der Waals surface area contributed by atoms with Gasteiger partial charge in [-0.1, -0.05) is 25.4 Å². The molecule has 3 atom stereocenters. The minimum atomic E-state index is -0.880. The lowest BCUT2D eigenvalue weighted by atomic mass is 9.69. The second-order valence-electron chi connectivity index (χ2n) is 5.29. The third-order valence-corrected chi connectivity index (χ3v) is 4.15. The Bertz CT molecular complexity index is 424. The van der Waals surface area contributed by atoms with Crippen molar-refractivity contribution in [2.24, 2.45) is 11.8 Å². The molecule has 0 aromatic carbocycles. The van der Waals surface area contributed by atoms with Gasteiger partial charge >= 0.3 is 0 Å². The number of hydrogen-bond acceptors (Lipinski definition) is 3. The van der Waals surface area contributed by atoms with E-state index in [0.717, 1.165) is 19.3 Å². The molecule has 0 radical (unpaired) electrons. The quantitative estimate of drug-likeness (QED) is 0.810. The molecule has 0 saturated heterocycles. The molecule has 2 rings (SSSR count). The van der Waals surface area contributed by atoms with Crippen LogP contribution in [0.5, 0.6) is 0 Å². The molecule has 0 aliphatic heterocycles. The molecule has 94 valence electrons. The van der Waals surface area contributed by atoms with Gasteiger partial charge < -0.3 is 10.8 Å². The van der Waals surface area contributed by atoms with E-state index in [1.165, 1.54) is 6.20 Å². The van der Waals surface area contributed by atoms with E-state index in [0.29, 0.717) is 22.3 Å². The van der Waals surface area contributed by atoms with Gasteiger partial charge in [0.15, 0.2) is 0 Å². The number of anilines is 1. The Hall–Kier alpha value is -0.800. The number of nitrogens with zero attached hydrogens (tertiary/aromatic N) is 1. The van der Waals surface area contributed by atoms with E-state index < -0.39 is 5.60 Å². The van der Waals surface area contributed by atoms with E-state index in [2.05, 4.69) is 18.8 Å². The first-order chi connectivity index (χ1) is 7.93. The van der Waals surface area contributed by atoms with Gasteiger partial charge in [-0.05, 0) is 37.2 Å². The lowest BCUT2D eigenvalue weighted by Crippen LogP contribution is -2.39. The molecule has 1 aliphatic carbocycles. The monoisotopic (exact) mass is 254 g/mol. The van der Waals surface area contributed by atoms with Crippen molar-refractivity contribution in [3.63, 3.8) is 0 Å². The maximum absolute atomic E-state index is 10.9. The highest BCUT2D eigenvalue weighted by Crippen LogP contribution is 2.45. The zero-order valence-corrected chi connectivity index (χ0v) is 11.0. The lowest BCUT2D eigenvalue weighted by Gasteiger charge is -2.41. The number of nitrogens with two attached hydrogens (primary N) is 1. The standard InChI is InChI=1S/C13H19ClN2O/c1-8-3-4-13(17,9(2)5-8)11-6-10(14)7-16-12(11)15/h6-9,17H,3-5H2,1-2H3,(H2,15,16). The maximum atomic E-state index is 10.9. The van der Waals surface area contributed by atoms with Gasteiger partial charge in [-0.2, -0.15) is 0 Å². The Morgan fingerprint density at radius 3 is 2.88 bits per heavy atom. The Morgan fingerprint density at radius 2 is 2.24 bits per heavy atom. The number of nitrogen functional groups attached to an aromatic ring is 1. The zero-order chi connectivity index (χ0) is 12.6. The van der Waals surface area contributed by atoms with Crippen molar-refractivity contribution in [2.75, 3.05) is 5.73 Å². The molecule has 0 amide bonds. The molecule has 3 nitrogen and oxygen atoms in total. The second kappa shape index (κ2) is 4.46. The van der Waals surface area contributed by atoms with E-state index in [9.17, 15) is 5.11 Å². The highest BCUT2D eigenvalue weighted by molar-refractivity contribution is 6.30. The molecule has 3 unspecified atom stereocenters. The van der Waals surface area contributed by atoms with Crippen LogP contribution in [0.4, 0.5) is 5.82 Å². The number of aromatic nitrogens is 1. The van der Waals surface area contributed by atoms with Crippen molar-refractivity contribution >= 4 is 17.4 Å². The van der Waals surface area contributed by atoms with Gasteiger partial charge in [0, 0.05) is 11.8 Å². The van der Waals surface area contributed by atoms with Crippen LogP contribution in [0.3, 0.4) is 0 Å². The fourth-order valence-corrected chi connectivity index (χ4v) is 2.98. The smallest absolute Gasteiger partial charge is 0.129 e. The Morgan fingerprint density at radius 1 is 1.53 bits per heavy atom. The van der Waals surface area contributed by atoms with Crippen molar-refractivity contribution in [3.8, 4) is 0 Å². The van der Waals surface area contributed by atoms with Crippen LogP contribution >= 0.6 is 11.6 Å². The first kappa shape index (κ1) is 12.7. The SMILES string of the molecule is CC1CCC(O)(c2cc(Cl)cnc2N)C(C)C1.